The van der Waals surface area contributed by atoms with Crippen LogP contribution in [0.3, 0.4) is 0 Å². The van der Waals surface area contributed by atoms with E-state index in [0.717, 1.165) is 5.56 Å². The zero-order valence-corrected chi connectivity index (χ0v) is 13.9. The van der Waals surface area contributed by atoms with Crippen molar-refractivity contribution in [3.63, 3.8) is 0 Å². The molecule has 1 unspecified atom stereocenters. The van der Waals surface area contributed by atoms with E-state index in [1.807, 2.05) is 12.1 Å². The van der Waals surface area contributed by atoms with Crippen molar-refractivity contribution in [3.05, 3.63) is 46.5 Å². The number of hydrogen-bond donors (Lipinski definition) is 0. The van der Waals surface area contributed by atoms with Gasteiger partial charge >= 0.3 is 0 Å². The van der Waals surface area contributed by atoms with Crippen LogP contribution in [0.25, 0.3) is 0 Å². The molecular weight excluding hydrogens is 309 g/mol. The summed E-state index contributed by atoms with van der Waals surface area (Å²) in [5, 5.41) is 5.38. The highest BCUT2D eigenvalue weighted by Gasteiger charge is 2.26. The zero-order chi connectivity index (χ0) is 15.5. The van der Waals surface area contributed by atoms with Crippen LogP contribution < -0.4 is 0 Å². The van der Waals surface area contributed by atoms with Gasteiger partial charge in [-0.1, -0.05) is 50.0 Å². The Hall–Kier alpha value is -1.10. The van der Waals surface area contributed by atoms with Gasteiger partial charge in [0.05, 0.1) is 19.3 Å². The lowest BCUT2D eigenvalue weighted by Gasteiger charge is -2.30. The zero-order valence-electron chi connectivity index (χ0n) is 12.4. The third-order valence-corrected chi connectivity index (χ3v) is 3.83. The van der Waals surface area contributed by atoms with Crippen LogP contribution in [0.2, 0.25) is 10.0 Å². The van der Waals surface area contributed by atoms with Crippen molar-refractivity contribution < 1.29 is 4.74 Å². The van der Waals surface area contributed by atoms with Crippen molar-refractivity contribution >= 4 is 23.2 Å². The highest BCUT2D eigenvalue weighted by molar-refractivity contribution is 6.35. The number of rotatable bonds is 5. The van der Waals surface area contributed by atoms with Crippen LogP contribution in [0, 0.1) is 5.41 Å². The van der Waals surface area contributed by atoms with Crippen LogP contribution in [0.4, 0.5) is 0 Å². The molecule has 0 amide bonds. The van der Waals surface area contributed by atoms with Crippen molar-refractivity contribution in [1.29, 1.82) is 0 Å². The molecule has 2 aromatic rings. The predicted octanol–water partition coefficient (Wildman–Crippen LogP) is 4.22. The quantitative estimate of drug-likeness (QED) is 0.825. The average molecular weight is 328 g/mol. The largest absolute Gasteiger partial charge is 0.371 e. The maximum Gasteiger partial charge on any atom is 0.137 e. The number of ether oxygens (including phenoxy) is 1. The summed E-state index contributed by atoms with van der Waals surface area (Å²) in [6, 6.07) is 5.43. The normalized spacial score (nSPS) is 13.4. The molecule has 1 aromatic heterocycles. The second kappa shape index (κ2) is 6.77. The predicted molar refractivity (Wildman–Crippen MR) is 84.5 cm³/mol. The van der Waals surface area contributed by atoms with E-state index in [4.69, 9.17) is 27.9 Å². The van der Waals surface area contributed by atoms with Crippen LogP contribution >= 0.6 is 23.2 Å². The maximum atomic E-state index is 6.18. The molecule has 0 N–H and O–H groups in total. The molecule has 0 bridgehead atoms. The molecule has 114 valence electrons. The van der Waals surface area contributed by atoms with Crippen molar-refractivity contribution in [2.75, 3.05) is 0 Å². The third-order valence-electron chi connectivity index (χ3n) is 3.24. The topological polar surface area (TPSA) is 39.9 Å². The highest BCUT2D eigenvalue weighted by atomic mass is 35.5. The smallest absolute Gasteiger partial charge is 0.137 e. The molecule has 6 heteroatoms. The summed E-state index contributed by atoms with van der Waals surface area (Å²) in [6.07, 6.45) is 3.21. The fraction of sp³-hybridized carbons (Fsp3) is 0.467. The lowest BCUT2D eigenvalue weighted by molar-refractivity contribution is -0.0399. The van der Waals surface area contributed by atoms with Gasteiger partial charge in [0.1, 0.15) is 12.7 Å². The van der Waals surface area contributed by atoms with Crippen molar-refractivity contribution in [2.45, 2.75) is 40.0 Å². The van der Waals surface area contributed by atoms with Gasteiger partial charge in [-0.25, -0.2) is 4.98 Å². The fourth-order valence-corrected chi connectivity index (χ4v) is 2.37. The third kappa shape index (κ3) is 4.70. The molecule has 2 rings (SSSR count). The number of hydrogen-bond acceptors (Lipinski definition) is 3. The van der Waals surface area contributed by atoms with Gasteiger partial charge in [-0.3, -0.25) is 4.68 Å². The first-order valence-corrected chi connectivity index (χ1v) is 7.50. The summed E-state index contributed by atoms with van der Waals surface area (Å²) in [6.45, 7) is 7.50. The van der Waals surface area contributed by atoms with E-state index in [1.165, 1.54) is 6.33 Å². The van der Waals surface area contributed by atoms with E-state index in [9.17, 15) is 0 Å². The first-order valence-electron chi connectivity index (χ1n) is 6.74. The molecule has 0 radical (unpaired) electrons. The Morgan fingerprint density at radius 3 is 2.62 bits per heavy atom. The first kappa shape index (κ1) is 16.3. The van der Waals surface area contributed by atoms with Crippen molar-refractivity contribution in [3.8, 4) is 0 Å². The van der Waals surface area contributed by atoms with Crippen LogP contribution in [-0.2, 0) is 17.9 Å². The van der Waals surface area contributed by atoms with E-state index in [2.05, 4.69) is 30.9 Å². The van der Waals surface area contributed by atoms with Gasteiger partial charge in [0, 0.05) is 10.0 Å². The summed E-state index contributed by atoms with van der Waals surface area (Å²) >= 11 is 12.1. The number of benzene rings is 1. The molecule has 0 saturated heterocycles. The molecule has 1 aromatic carbocycles. The summed E-state index contributed by atoms with van der Waals surface area (Å²) in [5.74, 6) is 0. The molecule has 21 heavy (non-hydrogen) atoms. The lowest BCUT2D eigenvalue weighted by Crippen LogP contribution is -2.33. The molecule has 1 heterocycles. The van der Waals surface area contributed by atoms with Gasteiger partial charge < -0.3 is 4.74 Å². The Morgan fingerprint density at radius 1 is 1.29 bits per heavy atom. The van der Waals surface area contributed by atoms with Gasteiger partial charge in [0.25, 0.3) is 0 Å². The number of aromatic nitrogens is 3. The Balaban J connectivity index is 2.05. The van der Waals surface area contributed by atoms with Gasteiger partial charge in [0.2, 0.25) is 0 Å². The van der Waals surface area contributed by atoms with Crippen molar-refractivity contribution in [1.82, 2.24) is 14.8 Å². The Morgan fingerprint density at radius 2 is 2.05 bits per heavy atom. The van der Waals surface area contributed by atoms with Gasteiger partial charge in [-0.15, -0.1) is 0 Å². The standard InChI is InChI=1S/C15H19Cl2N3O/c1-15(2,3)14(7-20-10-18-9-19-20)21-8-11-4-5-12(16)6-13(11)17/h4-6,9-10,14H,7-8H2,1-3H3. The summed E-state index contributed by atoms with van der Waals surface area (Å²) in [4.78, 5) is 3.96. The molecule has 4 nitrogen and oxygen atoms in total. The molecule has 1 atom stereocenters. The summed E-state index contributed by atoms with van der Waals surface area (Å²) in [7, 11) is 0. The first-order chi connectivity index (χ1) is 9.86. The maximum absolute atomic E-state index is 6.18. The molecule has 0 saturated carbocycles. The van der Waals surface area contributed by atoms with Gasteiger partial charge in [-0.2, -0.15) is 5.10 Å². The van der Waals surface area contributed by atoms with Crippen LogP contribution in [0.5, 0.6) is 0 Å². The van der Waals surface area contributed by atoms with Crippen LogP contribution in [0.1, 0.15) is 26.3 Å². The minimum absolute atomic E-state index is 0.00838. The minimum atomic E-state index is -0.0230. The van der Waals surface area contributed by atoms with Crippen LogP contribution in [0.15, 0.2) is 30.9 Å². The number of nitrogens with zero attached hydrogens (tertiary/aromatic N) is 3. The average Bonchev–Trinajstić information content (AvgIpc) is 2.87. The SMILES string of the molecule is CC(C)(C)C(Cn1cncn1)OCc1ccc(Cl)cc1Cl. The molecule has 0 aliphatic rings. The molecule has 0 aliphatic heterocycles. The summed E-state index contributed by atoms with van der Waals surface area (Å²) < 4.78 is 7.85. The molecule has 0 aliphatic carbocycles. The Labute approximate surface area is 135 Å². The lowest BCUT2D eigenvalue weighted by atomic mass is 9.89. The van der Waals surface area contributed by atoms with Gasteiger partial charge in [-0.05, 0) is 23.1 Å². The minimum Gasteiger partial charge on any atom is -0.371 e. The Bertz CT molecular complexity index is 579. The second-order valence-electron chi connectivity index (χ2n) is 6.02. The van der Waals surface area contributed by atoms with E-state index in [-0.39, 0.29) is 11.5 Å². The Kier molecular flexibility index (Phi) is 5.25. The van der Waals surface area contributed by atoms with E-state index in [1.54, 1.807) is 17.1 Å². The van der Waals surface area contributed by atoms with E-state index >= 15 is 0 Å². The van der Waals surface area contributed by atoms with E-state index in [0.29, 0.717) is 23.2 Å². The second-order valence-corrected chi connectivity index (χ2v) is 6.86. The monoisotopic (exact) mass is 327 g/mol. The van der Waals surface area contributed by atoms with Gasteiger partial charge in [0.15, 0.2) is 0 Å². The van der Waals surface area contributed by atoms with Crippen molar-refractivity contribution in [2.24, 2.45) is 5.41 Å². The molecule has 0 fully saturated rings. The fourth-order valence-electron chi connectivity index (χ4n) is 1.90. The van der Waals surface area contributed by atoms with E-state index < -0.39 is 0 Å². The highest BCUT2D eigenvalue weighted by Crippen LogP contribution is 2.27. The molecule has 0 spiro atoms. The molecular formula is C15H19Cl2N3O. The number of halogens is 2. The van der Waals surface area contributed by atoms with Crippen LogP contribution in [-0.4, -0.2) is 20.9 Å². The summed E-state index contributed by atoms with van der Waals surface area (Å²) in [5.41, 5.74) is 0.902.